The lowest BCUT2D eigenvalue weighted by molar-refractivity contribution is -0.384. The van der Waals surface area contributed by atoms with Gasteiger partial charge in [-0.25, -0.2) is 4.98 Å². The smallest absolute Gasteiger partial charge is 0.271 e. The second-order valence-electron chi connectivity index (χ2n) is 4.19. The maximum Gasteiger partial charge on any atom is 0.271 e. The molecule has 1 unspecified atom stereocenters. The third kappa shape index (κ3) is 3.29. The molecule has 0 amide bonds. The Morgan fingerprint density at radius 1 is 1.53 bits per heavy atom. The largest absolute Gasteiger partial charge is 0.376 e. The third-order valence-corrected chi connectivity index (χ3v) is 4.05. The highest BCUT2D eigenvalue weighted by Gasteiger charge is 2.12. The summed E-state index contributed by atoms with van der Waals surface area (Å²) in [7, 11) is 0. The number of anilines is 1. The molecule has 2 rings (SSSR count). The summed E-state index contributed by atoms with van der Waals surface area (Å²) >= 11 is 1.66. The Balaban J connectivity index is 2.12. The van der Waals surface area contributed by atoms with Crippen LogP contribution in [0.4, 0.5) is 11.4 Å². The fourth-order valence-corrected chi connectivity index (χ4v) is 2.57. The number of hydrogen-bond donors (Lipinski definition) is 1. The van der Waals surface area contributed by atoms with Crippen molar-refractivity contribution in [3.63, 3.8) is 0 Å². The van der Waals surface area contributed by atoms with Crippen LogP contribution in [0.5, 0.6) is 0 Å². The van der Waals surface area contributed by atoms with E-state index >= 15 is 0 Å². The molecule has 100 valence electrons. The van der Waals surface area contributed by atoms with Crippen LogP contribution >= 0.6 is 11.3 Å². The second-order valence-corrected chi connectivity index (χ2v) is 5.34. The van der Waals surface area contributed by atoms with E-state index in [9.17, 15) is 10.1 Å². The number of thiazole rings is 1. The quantitative estimate of drug-likeness (QED) is 0.667. The summed E-state index contributed by atoms with van der Waals surface area (Å²) in [6, 6.07) is 6.54. The Morgan fingerprint density at radius 2 is 2.32 bits per heavy atom. The molecule has 1 aromatic heterocycles. The topological polar surface area (TPSA) is 68.1 Å². The maximum atomic E-state index is 10.7. The van der Waals surface area contributed by atoms with Crippen molar-refractivity contribution >= 4 is 22.7 Å². The van der Waals surface area contributed by atoms with Crippen molar-refractivity contribution in [2.24, 2.45) is 0 Å². The van der Waals surface area contributed by atoms with Gasteiger partial charge in [-0.3, -0.25) is 10.1 Å². The molecule has 0 aliphatic heterocycles. The third-order valence-electron chi connectivity index (χ3n) is 2.73. The molecule has 2 aromatic rings. The van der Waals surface area contributed by atoms with Crippen LogP contribution in [0.2, 0.25) is 0 Å². The predicted molar refractivity (Wildman–Crippen MR) is 76.6 cm³/mol. The first-order valence-corrected chi connectivity index (χ1v) is 6.87. The van der Waals surface area contributed by atoms with E-state index in [0.29, 0.717) is 0 Å². The lowest BCUT2D eigenvalue weighted by atomic mass is 10.2. The van der Waals surface area contributed by atoms with E-state index < -0.39 is 4.92 Å². The molecule has 0 radical (unpaired) electrons. The van der Waals surface area contributed by atoms with Crippen LogP contribution in [0.1, 0.15) is 29.8 Å². The number of rotatable bonds is 5. The Morgan fingerprint density at radius 3 is 2.95 bits per heavy atom. The Kier molecular flexibility index (Phi) is 4.11. The lowest BCUT2D eigenvalue weighted by Crippen LogP contribution is -2.06. The summed E-state index contributed by atoms with van der Waals surface area (Å²) in [5, 5.41) is 14.9. The van der Waals surface area contributed by atoms with Gasteiger partial charge in [-0.15, -0.1) is 11.3 Å². The number of nitro benzene ring substituents is 1. The summed E-state index contributed by atoms with van der Waals surface area (Å²) in [4.78, 5) is 15.9. The van der Waals surface area contributed by atoms with Crippen molar-refractivity contribution in [3.05, 3.63) is 50.5 Å². The molecule has 0 aliphatic carbocycles. The van der Waals surface area contributed by atoms with Gasteiger partial charge < -0.3 is 5.32 Å². The Labute approximate surface area is 115 Å². The molecule has 1 atom stereocenters. The minimum absolute atomic E-state index is 0.0345. The fourth-order valence-electron chi connectivity index (χ4n) is 1.71. The van der Waals surface area contributed by atoms with Crippen molar-refractivity contribution < 1.29 is 4.92 Å². The lowest BCUT2D eigenvalue weighted by Gasteiger charge is -2.12. The first kappa shape index (κ1) is 13.5. The van der Waals surface area contributed by atoms with E-state index in [4.69, 9.17) is 0 Å². The zero-order chi connectivity index (χ0) is 13.8. The van der Waals surface area contributed by atoms with Gasteiger partial charge in [0, 0.05) is 28.9 Å². The number of nitro groups is 1. The monoisotopic (exact) mass is 277 g/mol. The van der Waals surface area contributed by atoms with Crippen LogP contribution in [0.25, 0.3) is 0 Å². The number of nitrogens with zero attached hydrogens (tertiary/aromatic N) is 2. The summed E-state index contributed by atoms with van der Waals surface area (Å²) < 4.78 is 0. The van der Waals surface area contributed by atoms with Crippen LogP contribution in [-0.4, -0.2) is 9.91 Å². The predicted octanol–water partition coefficient (Wildman–Crippen LogP) is 3.79. The average Bonchev–Trinajstić information content (AvgIpc) is 2.88. The normalized spacial score (nSPS) is 12.1. The highest BCUT2D eigenvalue weighted by Crippen LogP contribution is 2.25. The van der Waals surface area contributed by atoms with Gasteiger partial charge in [0.2, 0.25) is 0 Å². The maximum absolute atomic E-state index is 10.7. The highest BCUT2D eigenvalue weighted by molar-refractivity contribution is 7.11. The van der Waals surface area contributed by atoms with Gasteiger partial charge in [-0.1, -0.05) is 13.0 Å². The molecule has 0 saturated carbocycles. The second kappa shape index (κ2) is 5.79. The van der Waals surface area contributed by atoms with Crippen LogP contribution in [0.3, 0.4) is 0 Å². The zero-order valence-corrected chi connectivity index (χ0v) is 11.6. The number of benzene rings is 1. The number of aryl methyl sites for hydroxylation is 1. The Bertz CT molecular complexity index is 583. The van der Waals surface area contributed by atoms with E-state index in [1.165, 1.54) is 17.0 Å². The summed E-state index contributed by atoms with van der Waals surface area (Å²) in [6.45, 7) is 4.09. The van der Waals surface area contributed by atoms with Gasteiger partial charge in [0.05, 0.1) is 11.0 Å². The van der Waals surface area contributed by atoms with Crippen molar-refractivity contribution in [3.8, 4) is 0 Å². The van der Waals surface area contributed by atoms with Gasteiger partial charge >= 0.3 is 0 Å². The number of aromatic nitrogens is 1. The summed E-state index contributed by atoms with van der Waals surface area (Å²) in [5.41, 5.74) is 0.820. The zero-order valence-electron chi connectivity index (χ0n) is 10.8. The molecule has 1 aromatic carbocycles. The van der Waals surface area contributed by atoms with Crippen LogP contribution in [-0.2, 0) is 6.42 Å². The van der Waals surface area contributed by atoms with Crippen molar-refractivity contribution in [1.29, 1.82) is 0 Å². The minimum Gasteiger partial charge on any atom is -0.376 e. The molecule has 6 heteroatoms. The highest BCUT2D eigenvalue weighted by atomic mass is 32.1. The number of non-ortho nitro benzene ring substituents is 1. The molecule has 0 fully saturated rings. The SMILES string of the molecule is CCc1cnc(C(C)Nc2cccc([N+](=O)[O-])c2)s1. The fraction of sp³-hybridized carbons (Fsp3) is 0.308. The molecular weight excluding hydrogens is 262 g/mol. The number of nitrogens with one attached hydrogen (secondary N) is 1. The molecule has 19 heavy (non-hydrogen) atoms. The van der Waals surface area contributed by atoms with Crippen molar-refractivity contribution in [2.45, 2.75) is 26.3 Å². The van der Waals surface area contributed by atoms with E-state index in [-0.39, 0.29) is 11.7 Å². The van der Waals surface area contributed by atoms with Gasteiger partial charge in [0.15, 0.2) is 0 Å². The van der Waals surface area contributed by atoms with Gasteiger partial charge in [0.25, 0.3) is 5.69 Å². The van der Waals surface area contributed by atoms with Gasteiger partial charge in [-0.2, -0.15) is 0 Å². The van der Waals surface area contributed by atoms with Crippen molar-refractivity contribution in [2.75, 3.05) is 5.32 Å². The van der Waals surface area contributed by atoms with E-state index in [1.807, 2.05) is 19.2 Å². The first-order chi connectivity index (χ1) is 9.10. The van der Waals surface area contributed by atoms with E-state index in [1.54, 1.807) is 17.4 Å². The molecule has 1 heterocycles. The molecule has 0 aliphatic rings. The van der Waals surface area contributed by atoms with Crippen molar-refractivity contribution in [1.82, 2.24) is 4.98 Å². The van der Waals surface area contributed by atoms with Crippen LogP contribution < -0.4 is 5.32 Å². The minimum atomic E-state index is -0.394. The average molecular weight is 277 g/mol. The molecular formula is C13H15N3O2S. The first-order valence-electron chi connectivity index (χ1n) is 6.05. The van der Waals surface area contributed by atoms with Crippen LogP contribution in [0.15, 0.2) is 30.5 Å². The molecule has 0 spiro atoms. The summed E-state index contributed by atoms with van der Waals surface area (Å²) in [5.74, 6) is 0. The molecule has 1 N–H and O–H groups in total. The van der Waals surface area contributed by atoms with Gasteiger partial charge in [0.1, 0.15) is 5.01 Å². The van der Waals surface area contributed by atoms with E-state index in [2.05, 4.69) is 17.2 Å². The Hall–Kier alpha value is -1.95. The molecule has 5 nitrogen and oxygen atoms in total. The molecule has 0 bridgehead atoms. The molecule has 0 saturated heterocycles. The van der Waals surface area contributed by atoms with Gasteiger partial charge in [-0.05, 0) is 19.4 Å². The summed E-state index contributed by atoms with van der Waals surface area (Å²) in [6.07, 6.45) is 2.85. The van der Waals surface area contributed by atoms with E-state index in [0.717, 1.165) is 17.1 Å². The number of hydrogen-bond acceptors (Lipinski definition) is 5. The standard InChI is InChI=1S/C13H15N3O2S/c1-3-12-8-14-13(19-12)9(2)15-10-5-4-6-11(7-10)16(17)18/h4-9,15H,3H2,1-2H3. The van der Waals surface area contributed by atoms with Crippen LogP contribution in [0, 0.1) is 10.1 Å².